The van der Waals surface area contributed by atoms with Crippen molar-refractivity contribution in [3.63, 3.8) is 0 Å². The zero-order chi connectivity index (χ0) is 26.2. The van der Waals surface area contributed by atoms with Crippen LogP contribution in [0.25, 0.3) is 0 Å². The van der Waals surface area contributed by atoms with Crippen LogP contribution in [0.4, 0.5) is 20.4 Å². The van der Waals surface area contributed by atoms with Crippen LogP contribution in [0, 0.1) is 11.6 Å². The molecule has 190 valence electrons. The number of thioether (sulfide) groups is 1. The second-order valence-electron chi connectivity index (χ2n) is 7.46. The highest BCUT2D eigenvalue weighted by Gasteiger charge is 2.13. The van der Waals surface area contributed by atoms with Crippen molar-refractivity contribution < 1.29 is 18.3 Å². The van der Waals surface area contributed by atoms with E-state index in [1.54, 1.807) is 18.3 Å². The van der Waals surface area contributed by atoms with E-state index in [4.69, 9.17) is 22.2 Å². The third kappa shape index (κ3) is 7.18. The van der Waals surface area contributed by atoms with E-state index < -0.39 is 17.5 Å². The third-order valence-electron chi connectivity index (χ3n) is 4.80. The number of hydrazone groups is 1. The van der Waals surface area contributed by atoms with Gasteiger partial charge in [-0.05, 0) is 42.0 Å². The Kier molecular flexibility index (Phi) is 8.54. The number of nitrogen functional groups attached to an aromatic ring is 1. The molecule has 13 heteroatoms. The lowest BCUT2D eigenvalue weighted by Gasteiger charge is -2.09. The third-order valence-corrected chi connectivity index (χ3v) is 5.99. The van der Waals surface area contributed by atoms with Crippen LogP contribution in [0.2, 0.25) is 5.02 Å². The number of anilines is 2. The number of nitrogens with zero attached hydrogens (tertiary/aromatic N) is 4. The summed E-state index contributed by atoms with van der Waals surface area (Å²) >= 11 is 6.90. The van der Waals surface area contributed by atoms with Crippen molar-refractivity contribution in [3.8, 4) is 5.75 Å². The maximum atomic E-state index is 13.7. The summed E-state index contributed by atoms with van der Waals surface area (Å²) in [7, 11) is 0. The first-order valence-electron chi connectivity index (χ1n) is 10.7. The van der Waals surface area contributed by atoms with Gasteiger partial charge in [0.05, 0.1) is 17.7 Å². The summed E-state index contributed by atoms with van der Waals surface area (Å²) < 4.78 is 33.7. The number of carbonyl (C=O) groups is 1. The fourth-order valence-electron chi connectivity index (χ4n) is 2.98. The Morgan fingerprint density at radius 1 is 1.14 bits per heavy atom. The second-order valence-corrected chi connectivity index (χ2v) is 8.84. The van der Waals surface area contributed by atoms with Gasteiger partial charge >= 0.3 is 0 Å². The summed E-state index contributed by atoms with van der Waals surface area (Å²) in [5.41, 5.74) is 4.24. The lowest BCUT2D eigenvalue weighted by molar-refractivity contribution is -0.113. The number of nitrogens with one attached hydrogen (secondary N) is 2. The van der Waals surface area contributed by atoms with Gasteiger partial charge in [-0.25, -0.2) is 18.9 Å². The number of aromatic nitrogens is 3. The van der Waals surface area contributed by atoms with E-state index in [0.29, 0.717) is 29.0 Å². The lowest BCUT2D eigenvalue weighted by atomic mass is 10.2. The van der Waals surface area contributed by atoms with Gasteiger partial charge in [0.25, 0.3) is 5.95 Å². The van der Waals surface area contributed by atoms with Crippen LogP contribution < -0.4 is 21.3 Å². The molecule has 0 unspecified atom stereocenters. The Balaban J connectivity index is 1.31. The first-order chi connectivity index (χ1) is 17.9. The molecule has 0 saturated carbocycles. The van der Waals surface area contributed by atoms with Crippen LogP contribution in [0.3, 0.4) is 0 Å². The largest absolute Gasteiger partial charge is 0.488 e. The van der Waals surface area contributed by atoms with E-state index in [-0.39, 0.29) is 22.5 Å². The first kappa shape index (κ1) is 25.9. The molecule has 9 nitrogen and oxygen atoms in total. The minimum Gasteiger partial charge on any atom is -0.488 e. The highest BCUT2D eigenvalue weighted by atomic mass is 35.5. The molecular formula is C24H20ClF2N7O2S. The Labute approximate surface area is 219 Å². The van der Waals surface area contributed by atoms with Crippen molar-refractivity contribution in [2.75, 3.05) is 22.3 Å². The summed E-state index contributed by atoms with van der Waals surface area (Å²) in [6.07, 6.45) is 1.55. The standard InChI is InChI=1S/C24H20ClF2N7O2S/c25-17-7-5-15(6-8-17)13-36-21-4-2-1-3-16(21)12-29-31-23-32-33-24(34(23)28)37-14-22(35)30-20-10-9-18(26)11-19(20)27/h1-12H,13-14,28H2,(H,30,35)(H,31,32)/b29-12+. The lowest BCUT2D eigenvalue weighted by Crippen LogP contribution is -2.17. The van der Waals surface area contributed by atoms with Crippen LogP contribution in [0.5, 0.6) is 5.75 Å². The minimum atomic E-state index is -0.873. The maximum Gasteiger partial charge on any atom is 0.264 e. The number of benzene rings is 3. The Hall–Kier alpha value is -4.16. The molecule has 0 bridgehead atoms. The summed E-state index contributed by atoms with van der Waals surface area (Å²) in [6, 6.07) is 17.6. The molecule has 37 heavy (non-hydrogen) atoms. The summed E-state index contributed by atoms with van der Waals surface area (Å²) in [6.45, 7) is 0.356. The maximum absolute atomic E-state index is 13.7. The van der Waals surface area contributed by atoms with Crippen molar-refractivity contribution in [2.24, 2.45) is 5.10 Å². The fourth-order valence-corrected chi connectivity index (χ4v) is 3.76. The van der Waals surface area contributed by atoms with Gasteiger partial charge in [0.1, 0.15) is 24.0 Å². The van der Waals surface area contributed by atoms with Crippen molar-refractivity contribution in [1.29, 1.82) is 0 Å². The van der Waals surface area contributed by atoms with E-state index in [1.807, 2.05) is 36.4 Å². The van der Waals surface area contributed by atoms with Crippen LogP contribution in [-0.4, -0.2) is 32.7 Å². The van der Waals surface area contributed by atoms with E-state index in [9.17, 15) is 13.6 Å². The van der Waals surface area contributed by atoms with Gasteiger partial charge in [0.15, 0.2) is 0 Å². The number of amides is 1. The number of rotatable bonds is 10. The van der Waals surface area contributed by atoms with E-state index in [2.05, 4.69) is 26.0 Å². The second kappa shape index (κ2) is 12.2. The SMILES string of the molecule is Nn1c(N/N=C/c2ccccc2OCc2ccc(Cl)cc2)nnc1SCC(=O)Nc1ccc(F)cc1F. The number of hydrogen-bond acceptors (Lipinski definition) is 8. The fraction of sp³-hybridized carbons (Fsp3) is 0.0833. The zero-order valence-corrected chi connectivity index (χ0v) is 20.6. The van der Waals surface area contributed by atoms with Crippen molar-refractivity contribution in [3.05, 3.63) is 94.5 Å². The summed E-state index contributed by atoms with van der Waals surface area (Å²) in [5.74, 6) is 4.46. The van der Waals surface area contributed by atoms with Crippen LogP contribution in [0.15, 0.2) is 77.0 Å². The van der Waals surface area contributed by atoms with Crippen LogP contribution in [0.1, 0.15) is 11.1 Å². The molecule has 0 aliphatic carbocycles. The Morgan fingerprint density at radius 2 is 1.92 bits per heavy atom. The van der Waals surface area contributed by atoms with Gasteiger partial charge in [0, 0.05) is 16.7 Å². The quantitative estimate of drug-likeness (QED) is 0.115. The Bertz CT molecular complexity index is 1420. The van der Waals surface area contributed by atoms with Crippen LogP contribution in [-0.2, 0) is 11.4 Å². The van der Waals surface area contributed by atoms with Gasteiger partial charge < -0.3 is 15.9 Å². The van der Waals surface area contributed by atoms with Crippen molar-refractivity contribution in [2.45, 2.75) is 11.8 Å². The topological polar surface area (TPSA) is 119 Å². The normalized spacial score (nSPS) is 11.0. The highest BCUT2D eigenvalue weighted by molar-refractivity contribution is 7.99. The molecular weight excluding hydrogens is 524 g/mol. The van der Waals surface area contributed by atoms with Gasteiger partial charge in [-0.1, -0.05) is 47.6 Å². The molecule has 1 amide bonds. The van der Waals surface area contributed by atoms with Crippen molar-refractivity contribution >= 4 is 47.1 Å². The Morgan fingerprint density at radius 3 is 2.70 bits per heavy atom. The van der Waals surface area contributed by atoms with Crippen LogP contribution >= 0.6 is 23.4 Å². The van der Waals surface area contributed by atoms with E-state index >= 15 is 0 Å². The number of nitrogens with two attached hydrogens (primary N) is 1. The monoisotopic (exact) mass is 543 g/mol. The first-order valence-corrected chi connectivity index (χ1v) is 12.1. The average molecular weight is 544 g/mol. The molecule has 0 saturated heterocycles. The van der Waals surface area contributed by atoms with Gasteiger partial charge in [-0.15, -0.1) is 10.2 Å². The molecule has 4 aromatic rings. The molecule has 0 atom stereocenters. The molecule has 4 N–H and O–H groups in total. The molecule has 1 heterocycles. The molecule has 3 aromatic carbocycles. The predicted octanol–water partition coefficient (Wildman–Crippen LogP) is 4.68. The van der Waals surface area contributed by atoms with Gasteiger partial charge in [-0.2, -0.15) is 5.10 Å². The van der Waals surface area contributed by atoms with Crippen molar-refractivity contribution in [1.82, 2.24) is 14.9 Å². The predicted molar refractivity (Wildman–Crippen MR) is 139 cm³/mol. The summed E-state index contributed by atoms with van der Waals surface area (Å²) in [5, 5.41) is 15.2. The highest BCUT2D eigenvalue weighted by Crippen LogP contribution is 2.20. The molecule has 0 aliphatic rings. The molecule has 0 spiro atoms. The number of ether oxygens (including phenoxy) is 1. The number of halogens is 3. The number of hydrogen-bond donors (Lipinski definition) is 3. The molecule has 0 radical (unpaired) electrons. The number of para-hydroxylation sites is 1. The number of carbonyl (C=O) groups excluding carboxylic acids is 1. The molecule has 0 aliphatic heterocycles. The smallest absolute Gasteiger partial charge is 0.264 e. The van der Waals surface area contributed by atoms with E-state index in [0.717, 1.165) is 34.1 Å². The van der Waals surface area contributed by atoms with E-state index in [1.165, 1.54) is 0 Å². The zero-order valence-electron chi connectivity index (χ0n) is 19.1. The molecule has 4 rings (SSSR count). The summed E-state index contributed by atoms with van der Waals surface area (Å²) in [4.78, 5) is 12.1. The molecule has 0 fully saturated rings. The minimum absolute atomic E-state index is 0.128. The average Bonchev–Trinajstić information content (AvgIpc) is 3.24. The van der Waals surface area contributed by atoms with Gasteiger partial charge in [0.2, 0.25) is 11.1 Å². The van der Waals surface area contributed by atoms with Gasteiger partial charge in [-0.3, -0.25) is 4.79 Å². The molecule has 1 aromatic heterocycles.